The van der Waals surface area contributed by atoms with Gasteiger partial charge in [0.1, 0.15) is 5.75 Å². The molecule has 0 aromatic heterocycles. The van der Waals surface area contributed by atoms with E-state index in [0.717, 1.165) is 18.4 Å². The average molecular weight is 292 g/mol. The molecule has 0 heterocycles. The Morgan fingerprint density at radius 3 is 2.81 bits per heavy atom. The highest BCUT2D eigenvalue weighted by Gasteiger charge is 2.26. The molecular weight excluding hydrogens is 268 g/mol. The Kier molecular flexibility index (Phi) is 5.59. The topological polar surface area (TPSA) is 61.8 Å². The van der Waals surface area contributed by atoms with Gasteiger partial charge < -0.3 is 15.2 Å². The maximum Gasteiger partial charge on any atom is 0.238 e. The minimum Gasteiger partial charge on any atom is -0.495 e. The van der Waals surface area contributed by atoms with Gasteiger partial charge in [-0.2, -0.15) is 0 Å². The van der Waals surface area contributed by atoms with Crippen molar-refractivity contribution in [3.63, 3.8) is 0 Å². The van der Waals surface area contributed by atoms with Gasteiger partial charge in [-0.3, -0.25) is 9.69 Å². The van der Waals surface area contributed by atoms with E-state index in [0.29, 0.717) is 30.6 Å². The van der Waals surface area contributed by atoms with Gasteiger partial charge in [0.2, 0.25) is 5.91 Å². The summed E-state index contributed by atoms with van der Waals surface area (Å²) < 4.78 is 5.27. The van der Waals surface area contributed by atoms with E-state index < -0.39 is 0 Å². The summed E-state index contributed by atoms with van der Waals surface area (Å²) in [5.74, 6) is 0.588. The summed E-state index contributed by atoms with van der Waals surface area (Å²) in [6.07, 6.45) is 3.43. The monoisotopic (exact) mass is 292 g/mol. The van der Waals surface area contributed by atoms with Gasteiger partial charge in [-0.25, -0.2) is 0 Å². The normalized spacial score (nSPS) is 14.9. The highest BCUT2D eigenvalue weighted by Crippen LogP contribution is 2.26. The van der Waals surface area contributed by atoms with Crippen LogP contribution < -0.4 is 10.1 Å². The first-order valence-electron chi connectivity index (χ1n) is 7.43. The minimum atomic E-state index is -0.0701. The van der Waals surface area contributed by atoms with Gasteiger partial charge in [0.25, 0.3) is 0 Å². The molecule has 5 nitrogen and oxygen atoms in total. The van der Waals surface area contributed by atoms with E-state index in [-0.39, 0.29) is 12.5 Å². The van der Waals surface area contributed by atoms with Gasteiger partial charge in [-0.05, 0) is 37.5 Å². The molecule has 0 aliphatic heterocycles. The number of hydrogen-bond acceptors (Lipinski definition) is 4. The molecule has 0 radical (unpaired) electrons. The van der Waals surface area contributed by atoms with Crippen molar-refractivity contribution in [3.8, 4) is 5.75 Å². The first-order chi connectivity index (χ1) is 10.1. The van der Waals surface area contributed by atoms with Crippen LogP contribution in [0.4, 0.5) is 5.69 Å². The molecular formula is C16H24N2O3. The standard InChI is InChI=1S/C16H24N2O3/c1-12-6-7-15(21-2)14(10-12)17-16(20)11-18(8-9-19)13-4-3-5-13/h6-7,10,13,19H,3-5,8-9,11H2,1-2H3,(H,17,20). The number of methoxy groups -OCH3 is 1. The van der Waals surface area contributed by atoms with Gasteiger partial charge >= 0.3 is 0 Å². The van der Waals surface area contributed by atoms with Gasteiger partial charge in [-0.15, -0.1) is 0 Å². The molecule has 0 unspecified atom stereocenters. The van der Waals surface area contributed by atoms with Crippen LogP contribution in [0.5, 0.6) is 5.75 Å². The van der Waals surface area contributed by atoms with Crippen molar-refractivity contribution in [2.45, 2.75) is 32.2 Å². The number of ether oxygens (including phenoxy) is 1. The number of aliphatic hydroxyl groups is 1. The number of aryl methyl sites for hydroxylation is 1. The van der Waals surface area contributed by atoms with Crippen LogP contribution in [0, 0.1) is 6.92 Å². The van der Waals surface area contributed by atoms with Gasteiger partial charge in [0.05, 0.1) is 25.9 Å². The second-order valence-corrected chi connectivity index (χ2v) is 5.53. The van der Waals surface area contributed by atoms with E-state index in [4.69, 9.17) is 9.84 Å². The predicted octanol–water partition coefficient (Wildman–Crippen LogP) is 1.79. The second-order valence-electron chi connectivity index (χ2n) is 5.53. The molecule has 5 heteroatoms. The number of hydrogen-bond donors (Lipinski definition) is 2. The van der Waals surface area contributed by atoms with Crippen molar-refractivity contribution < 1.29 is 14.6 Å². The molecule has 1 fully saturated rings. The maximum absolute atomic E-state index is 12.2. The predicted molar refractivity (Wildman–Crippen MR) is 82.7 cm³/mol. The quantitative estimate of drug-likeness (QED) is 0.804. The molecule has 21 heavy (non-hydrogen) atoms. The van der Waals surface area contributed by atoms with Crippen molar-refractivity contribution in [1.82, 2.24) is 4.90 Å². The number of carbonyl (C=O) groups is 1. The molecule has 0 bridgehead atoms. The zero-order valence-corrected chi connectivity index (χ0v) is 12.8. The van der Waals surface area contributed by atoms with Crippen LogP contribution >= 0.6 is 0 Å². The Morgan fingerprint density at radius 1 is 1.48 bits per heavy atom. The first-order valence-corrected chi connectivity index (χ1v) is 7.43. The summed E-state index contributed by atoms with van der Waals surface area (Å²) in [6.45, 7) is 2.91. The lowest BCUT2D eigenvalue weighted by Gasteiger charge is -2.36. The Bertz CT molecular complexity index is 486. The molecule has 2 N–H and O–H groups in total. The summed E-state index contributed by atoms with van der Waals surface area (Å²) in [5.41, 5.74) is 1.76. The van der Waals surface area contributed by atoms with Crippen LogP contribution in [0.15, 0.2) is 18.2 Å². The highest BCUT2D eigenvalue weighted by atomic mass is 16.5. The lowest BCUT2D eigenvalue weighted by molar-refractivity contribution is -0.118. The molecule has 0 atom stereocenters. The molecule has 116 valence electrons. The number of amides is 1. The number of carbonyl (C=O) groups excluding carboxylic acids is 1. The lowest BCUT2D eigenvalue weighted by atomic mass is 9.91. The molecule has 1 aliphatic carbocycles. The molecule has 0 spiro atoms. The van der Waals surface area contributed by atoms with Gasteiger partial charge in [0, 0.05) is 12.6 Å². The third-order valence-electron chi connectivity index (χ3n) is 3.95. The number of anilines is 1. The summed E-state index contributed by atoms with van der Waals surface area (Å²) >= 11 is 0. The van der Waals surface area contributed by atoms with Crippen molar-refractivity contribution in [1.29, 1.82) is 0 Å². The fraction of sp³-hybridized carbons (Fsp3) is 0.562. The maximum atomic E-state index is 12.2. The van der Waals surface area contributed by atoms with Crippen molar-refractivity contribution >= 4 is 11.6 Å². The van der Waals surface area contributed by atoms with Gasteiger partial charge in [-0.1, -0.05) is 12.5 Å². The first kappa shape index (κ1) is 15.8. The average Bonchev–Trinajstić information content (AvgIpc) is 2.37. The Morgan fingerprint density at radius 2 is 2.24 bits per heavy atom. The van der Waals surface area contributed by atoms with Crippen molar-refractivity contribution in [2.24, 2.45) is 0 Å². The van der Waals surface area contributed by atoms with E-state index >= 15 is 0 Å². The van der Waals surface area contributed by atoms with E-state index in [1.165, 1.54) is 6.42 Å². The van der Waals surface area contributed by atoms with Crippen LogP contribution in [-0.4, -0.2) is 48.8 Å². The van der Waals surface area contributed by atoms with Crippen LogP contribution in [0.1, 0.15) is 24.8 Å². The minimum absolute atomic E-state index is 0.0701. The summed E-state index contributed by atoms with van der Waals surface area (Å²) in [6, 6.07) is 6.13. The number of rotatable bonds is 7. The number of benzene rings is 1. The number of aliphatic hydroxyl groups excluding tert-OH is 1. The molecule has 1 saturated carbocycles. The number of nitrogens with one attached hydrogen (secondary N) is 1. The zero-order chi connectivity index (χ0) is 15.2. The molecule has 1 aromatic rings. The van der Waals surface area contributed by atoms with E-state index in [9.17, 15) is 4.79 Å². The fourth-order valence-electron chi connectivity index (χ4n) is 2.56. The summed E-state index contributed by atoms with van der Waals surface area (Å²) in [4.78, 5) is 14.3. The summed E-state index contributed by atoms with van der Waals surface area (Å²) in [7, 11) is 1.59. The SMILES string of the molecule is COc1ccc(C)cc1NC(=O)CN(CCO)C1CCC1. The Balaban J connectivity index is 1.98. The van der Waals surface area contributed by atoms with E-state index in [1.54, 1.807) is 7.11 Å². The third-order valence-corrected chi connectivity index (χ3v) is 3.95. The summed E-state index contributed by atoms with van der Waals surface area (Å²) in [5, 5.41) is 12.0. The van der Waals surface area contributed by atoms with E-state index in [1.807, 2.05) is 25.1 Å². The largest absolute Gasteiger partial charge is 0.495 e. The molecule has 1 amide bonds. The highest BCUT2D eigenvalue weighted by molar-refractivity contribution is 5.93. The van der Waals surface area contributed by atoms with Crippen molar-refractivity contribution in [2.75, 3.05) is 32.1 Å². The molecule has 2 rings (SSSR count). The molecule has 1 aliphatic rings. The van der Waals surface area contributed by atoms with Crippen LogP contribution in [0.3, 0.4) is 0 Å². The fourth-order valence-corrected chi connectivity index (χ4v) is 2.56. The van der Waals surface area contributed by atoms with Crippen LogP contribution in [0.2, 0.25) is 0 Å². The number of nitrogens with zero attached hydrogens (tertiary/aromatic N) is 1. The lowest BCUT2D eigenvalue weighted by Crippen LogP contribution is -2.45. The zero-order valence-electron chi connectivity index (χ0n) is 12.8. The molecule has 1 aromatic carbocycles. The van der Waals surface area contributed by atoms with Gasteiger partial charge in [0.15, 0.2) is 0 Å². The van der Waals surface area contributed by atoms with Crippen molar-refractivity contribution in [3.05, 3.63) is 23.8 Å². The Hall–Kier alpha value is -1.59. The van der Waals surface area contributed by atoms with Crippen LogP contribution in [0.25, 0.3) is 0 Å². The Labute approximate surface area is 125 Å². The van der Waals surface area contributed by atoms with E-state index in [2.05, 4.69) is 10.2 Å². The van der Waals surface area contributed by atoms with Crippen LogP contribution in [-0.2, 0) is 4.79 Å². The second kappa shape index (κ2) is 7.43. The molecule has 0 saturated heterocycles. The smallest absolute Gasteiger partial charge is 0.238 e. The third kappa shape index (κ3) is 4.19.